The molecule has 1 aromatic carbocycles. The van der Waals surface area contributed by atoms with E-state index in [0.717, 1.165) is 18.7 Å². The van der Waals surface area contributed by atoms with Crippen molar-refractivity contribution in [1.29, 1.82) is 0 Å². The Kier molecular flexibility index (Phi) is 4.69. The van der Waals surface area contributed by atoms with Crippen molar-refractivity contribution in [1.82, 2.24) is 9.88 Å². The Balaban J connectivity index is 2.26. The van der Waals surface area contributed by atoms with Crippen LogP contribution in [0, 0.1) is 6.92 Å². The van der Waals surface area contributed by atoms with Gasteiger partial charge >= 0.3 is 0 Å². The summed E-state index contributed by atoms with van der Waals surface area (Å²) in [5, 5.41) is 0. The molecule has 100 valence electrons. The van der Waals surface area contributed by atoms with Gasteiger partial charge in [0.15, 0.2) is 0 Å². The van der Waals surface area contributed by atoms with E-state index in [1.807, 2.05) is 12.3 Å². The molecule has 1 heterocycles. The van der Waals surface area contributed by atoms with Crippen molar-refractivity contribution in [2.45, 2.75) is 19.3 Å². The van der Waals surface area contributed by atoms with Crippen molar-refractivity contribution in [3.05, 3.63) is 65.5 Å². The lowest BCUT2D eigenvalue weighted by molar-refractivity contribution is 0.389. The van der Waals surface area contributed by atoms with Crippen LogP contribution >= 0.6 is 0 Å². The first-order valence-corrected chi connectivity index (χ1v) is 6.79. The summed E-state index contributed by atoms with van der Waals surface area (Å²) in [6.45, 7) is 3.19. The van der Waals surface area contributed by atoms with Crippen LogP contribution in [0.4, 0.5) is 0 Å². The Bertz CT molecular complexity index is 488. The second kappa shape index (κ2) is 6.48. The van der Waals surface area contributed by atoms with Crippen LogP contribution in [-0.4, -0.2) is 30.5 Å². The SMILES string of the molecule is Cc1ccc([C@H](CCN(C)C)c2ccccn2)cc1. The first-order chi connectivity index (χ1) is 9.16. The molecule has 2 nitrogen and oxygen atoms in total. The van der Waals surface area contributed by atoms with Crippen molar-refractivity contribution in [2.75, 3.05) is 20.6 Å². The van der Waals surface area contributed by atoms with E-state index in [-0.39, 0.29) is 0 Å². The number of hydrogen-bond acceptors (Lipinski definition) is 2. The summed E-state index contributed by atoms with van der Waals surface area (Å²) in [6, 6.07) is 15.0. The molecule has 0 bridgehead atoms. The minimum absolute atomic E-state index is 0.379. The highest BCUT2D eigenvalue weighted by Gasteiger charge is 2.15. The van der Waals surface area contributed by atoms with E-state index in [2.05, 4.69) is 67.3 Å². The van der Waals surface area contributed by atoms with Crippen LogP contribution in [0.25, 0.3) is 0 Å². The van der Waals surface area contributed by atoms with Gasteiger partial charge in [-0.15, -0.1) is 0 Å². The van der Waals surface area contributed by atoms with Crippen molar-refractivity contribution in [3.8, 4) is 0 Å². The van der Waals surface area contributed by atoms with E-state index >= 15 is 0 Å². The molecule has 0 aliphatic heterocycles. The van der Waals surface area contributed by atoms with Crippen molar-refractivity contribution in [2.24, 2.45) is 0 Å². The lowest BCUT2D eigenvalue weighted by atomic mass is 9.91. The maximum Gasteiger partial charge on any atom is 0.0478 e. The Morgan fingerprint density at radius 3 is 2.37 bits per heavy atom. The Hall–Kier alpha value is -1.67. The lowest BCUT2D eigenvalue weighted by Gasteiger charge is -2.19. The second-order valence-electron chi connectivity index (χ2n) is 5.31. The van der Waals surface area contributed by atoms with E-state index in [0.29, 0.717) is 5.92 Å². The van der Waals surface area contributed by atoms with Crippen LogP contribution in [0.1, 0.15) is 29.2 Å². The van der Waals surface area contributed by atoms with E-state index in [4.69, 9.17) is 0 Å². The minimum Gasteiger partial charge on any atom is -0.309 e. The van der Waals surface area contributed by atoms with Gasteiger partial charge < -0.3 is 4.90 Å². The van der Waals surface area contributed by atoms with Gasteiger partial charge in [0.05, 0.1) is 0 Å². The Morgan fingerprint density at radius 2 is 1.79 bits per heavy atom. The highest BCUT2D eigenvalue weighted by atomic mass is 15.0. The summed E-state index contributed by atoms with van der Waals surface area (Å²) in [4.78, 5) is 6.76. The second-order valence-corrected chi connectivity index (χ2v) is 5.31. The molecule has 0 saturated carbocycles. The first-order valence-electron chi connectivity index (χ1n) is 6.79. The van der Waals surface area contributed by atoms with Crippen molar-refractivity contribution < 1.29 is 0 Å². The summed E-state index contributed by atoms with van der Waals surface area (Å²) in [5.41, 5.74) is 3.82. The molecule has 0 spiro atoms. The van der Waals surface area contributed by atoms with Crippen LogP contribution in [-0.2, 0) is 0 Å². The molecule has 0 radical (unpaired) electrons. The number of aryl methyl sites for hydroxylation is 1. The molecule has 2 aromatic rings. The smallest absolute Gasteiger partial charge is 0.0478 e. The molecule has 0 aliphatic carbocycles. The van der Waals surface area contributed by atoms with Gasteiger partial charge in [-0.1, -0.05) is 35.9 Å². The van der Waals surface area contributed by atoms with Crippen LogP contribution in [0.5, 0.6) is 0 Å². The third-order valence-electron chi connectivity index (χ3n) is 3.39. The molecule has 2 rings (SSSR count). The van der Waals surface area contributed by atoms with Gasteiger partial charge in [-0.2, -0.15) is 0 Å². The van der Waals surface area contributed by atoms with Crippen molar-refractivity contribution in [3.63, 3.8) is 0 Å². The summed E-state index contributed by atoms with van der Waals surface area (Å²) in [6.07, 6.45) is 2.97. The van der Waals surface area contributed by atoms with Gasteiger partial charge in [0.2, 0.25) is 0 Å². The molecule has 0 amide bonds. The number of hydrogen-bond donors (Lipinski definition) is 0. The molecule has 1 atom stereocenters. The highest BCUT2D eigenvalue weighted by Crippen LogP contribution is 2.26. The molecule has 0 fully saturated rings. The quantitative estimate of drug-likeness (QED) is 0.812. The normalized spacial score (nSPS) is 12.6. The zero-order valence-corrected chi connectivity index (χ0v) is 12.0. The zero-order valence-electron chi connectivity index (χ0n) is 12.0. The number of nitrogens with zero attached hydrogens (tertiary/aromatic N) is 2. The van der Waals surface area contributed by atoms with Crippen LogP contribution in [0.3, 0.4) is 0 Å². The maximum atomic E-state index is 4.54. The van der Waals surface area contributed by atoms with Gasteiger partial charge in [-0.05, 0) is 51.7 Å². The monoisotopic (exact) mass is 254 g/mol. The Labute approximate surface area is 116 Å². The third kappa shape index (κ3) is 3.90. The average Bonchev–Trinajstić information content (AvgIpc) is 2.42. The first kappa shape index (κ1) is 13.8. The maximum absolute atomic E-state index is 4.54. The molecule has 19 heavy (non-hydrogen) atoms. The molecule has 2 heteroatoms. The fraction of sp³-hybridized carbons (Fsp3) is 0.353. The summed E-state index contributed by atoms with van der Waals surface area (Å²) in [5.74, 6) is 0.379. The van der Waals surface area contributed by atoms with Crippen LogP contribution < -0.4 is 0 Å². The molecule has 0 saturated heterocycles. The minimum atomic E-state index is 0.379. The molecule has 0 aliphatic rings. The van der Waals surface area contributed by atoms with Gasteiger partial charge in [-0.3, -0.25) is 4.98 Å². The van der Waals surface area contributed by atoms with Gasteiger partial charge in [-0.25, -0.2) is 0 Å². The largest absolute Gasteiger partial charge is 0.309 e. The predicted octanol–water partition coefficient (Wildman–Crippen LogP) is 3.47. The highest BCUT2D eigenvalue weighted by molar-refractivity contribution is 5.30. The van der Waals surface area contributed by atoms with Gasteiger partial charge in [0, 0.05) is 17.8 Å². The zero-order chi connectivity index (χ0) is 13.7. The standard InChI is InChI=1S/C17H22N2/c1-14-7-9-15(10-8-14)16(11-13-19(2)3)17-6-4-5-12-18-17/h4-10,12,16H,11,13H2,1-3H3/t16-/m0/s1. The van der Waals surface area contributed by atoms with E-state index in [1.54, 1.807) is 0 Å². The number of aromatic nitrogens is 1. The number of rotatable bonds is 5. The molecule has 0 unspecified atom stereocenters. The third-order valence-corrected chi connectivity index (χ3v) is 3.39. The number of pyridine rings is 1. The fourth-order valence-electron chi connectivity index (χ4n) is 2.25. The van der Waals surface area contributed by atoms with Crippen LogP contribution in [0.2, 0.25) is 0 Å². The number of benzene rings is 1. The lowest BCUT2D eigenvalue weighted by Crippen LogP contribution is -2.17. The summed E-state index contributed by atoms with van der Waals surface area (Å²) < 4.78 is 0. The van der Waals surface area contributed by atoms with Crippen LogP contribution in [0.15, 0.2) is 48.7 Å². The average molecular weight is 254 g/mol. The van der Waals surface area contributed by atoms with Crippen molar-refractivity contribution >= 4 is 0 Å². The summed E-state index contributed by atoms with van der Waals surface area (Å²) in [7, 11) is 4.23. The fourth-order valence-corrected chi connectivity index (χ4v) is 2.25. The Morgan fingerprint density at radius 1 is 1.05 bits per heavy atom. The van der Waals surface area contributed by atoms with Gasteiger partial charge in [0.1, 0.15) is 0 Å². The molecule has 0 N–H and O–H groups in total. The van der Waals surface area contributed by atoms with E-state index in [1.165, 1.54) is 11.1 Å². The summed E-state index contributed by atoms with van der Waals surface area (Å²) >= 11 is 0. The van der Waals surface area contributed by atoms with Gasteiger partial charge in [0.25, 0.3) is 0 Å². The topological polar surface area (TPSA) is 16.1 Å². The van der Waals surface area contributed by atoms with E-state index < -0.39 is 0 Å². The molecule has 1 aromatic heterocycles. The van der Waals surface area contributed by atoms with E-state index in [9.17, 15) is 0 Å². The molecular weight excluding hydrogens is 232 g/mol. The predicted molar refractivity (Wildman–Crippen MR) is 80.4 cm³/mol. The molecular formula is C17H22N2.